The van der Waals surface area contributed by atoms with E-state index in [4.69, 9.17) is 16.0 Å². The summed E-state index contributed by atoms with van der Waals surface area (Å²) in [5.74, 6) is -0.943. The van der Waals surface area contributed by atoms with Crippen LogP contribution in [0.3, 0.4) is 0 Å². The van der Waals surface area contributed by atoms with E-state index in [1.54, 1.807) is 19.2 Å². The highest BCUT2D eigenvalue weighted by atomic mass is 35.5. The van der Waals surface area contributed by atoms with Gasteiger partial charge in [0.15, 0.2) is 5.76 Å². The van der Waals surface area contributed by atoms with Crippen molar-refractivity contribution in [1.29, 1.82) is 0 Å². The third-order valence-corrected chi connectivity index (χ3v) is 3.49. The van der Waals surface area contributed by atoms with Gasteiger partial charge >= 0.3 is 5.88 Å². The fourth-order valence-electron chi connectivity index (χ4n) is 1.86. The third-order valence-electron chi connectivity index (χ3n) is 3.24. The first-order chi connectivity index (χ1) is 9.90. The standard InChI is InChI=1S/C14H13ClN2O4/c1-9(10-3-5-11(15)6-4-10)16(2)14(18)12-7-8-13(21-12)17(19)20/h3-9H,1-2H3/t9-/m1/s1. The zero-order valence-corrected chi connectivity index (χ0v) is 12.2. The molecule has 0 aliphatic carbocycles. The summed E-state index contributed by atoms with van der Waals surface area (Å²) in [7, 11) is 1.61. The van der Waals surface area contributed by atoms with Crippen molar-refractivity contribution < 1.29 is 14.1 Å². The van der Waals surface area contributed by atoms with Gasteiger partial charge < -0.3 is 9.32 Å². The molecule has 0 radical (unpaired) electrons. The van der Waals surface area contributed by atoms with E-state index in [9.17, 15) is 14.9 Å². The summed E-state index contributed by atoms with van der Waals surface area (Å²) in [5, 5.41) is 11.2. The van der Waals surface area contributed by atoms with Crippen molar-refractivity contribution in [3.63, 3.8) is 0 Å². The van der Waals surface area contributed by atoms with Crippen LogP contribution in [0, 0.1) is 10.1 Å². The van der Waals surface area contributed by atoms with Crippen LogP contribution >= 0.6 is 11.6 Å². The quantitative estimate of drug-likeness (QED) is 0.637. The second kappa shape index (κ2) is 5.97. The van der Waals surface area contributed by atoms with E-state index >= 15 is 0 Å². The predicted octanol–water partition coefficient (Wildman–Crippen LogP) is 3.67. The summed E-state index contributed by atoms with van der Waals surface area (Å²) < 4.78 is 4.92. The van der Waals surface area contributed by atoms with E-state index in [0.29, 0.717) is 5.02 Å². The first kappa shape index (κ1) is 15.1. The van der Waals surface area contributed by atoms with Gasteiger partial charge in [0.1, 0.15) is 4.92 Å². The minimum atomic E-state index is -0.681. The fraction of sp³-hybridized carbons (Fsp3) is 0.214. The summed E-state index contributed by atoms with van der Waals surface area (Å²) in [4.78, 5) is 23.6. The van der Waals surface area contributed by atoms with E-state index < -0.39 is 16.7 Å². The van der Waals surface area contributed by atoms with Crippen LogP contribution < -0.4 is 0 Å². The molecular formula is C14H13ClN2O4. The Balaban J connectivity index is 2.17. The average Bonchev–Trinajstić information content (AvgIpc) is 2.96. The van der Waals surface area contributed by atoms with Crippen molar-refractivity contribution >= 4 is 23.4 Å². The minimum absolute atomic E-state index is 0.0648. The smallest absolute Gasteiger partial charge is 0.395 e. The van der Waals surface area contributed by atoms with Crippen LogP contribution in [0.15, 0.2) is 40.8 Å². The van der Waals surface area contributed by atoms with Gasteiger partial charge in [-0.2, -0.15) is 0 Å². The van der Waals surface area contributed by atoms with E-state index in [1.807, 2.05) is 19.1 Å². The number of hydrogen-bond acceptors (Lipinski definition) is 4. The highest BCUT2D eigenvalue weighted by molar-refractivity contribution is 6.30. The lowest BCUT2D eigenvalue weighted by atomic mass is 10.1. The molecule has 6 nitrogen and oxygen atoms in total. The van der Waals surface area contributed by atoms with Crippen molar-refractivity contribution in [1.82, 2.24) is 4.90 Å². The molecule has 0 aliphatic heterocycles. The summed E-state index contributed by atoms with van der Waals surface area (Å²) >= 11 is 5.83. The second-order valence-corrected chi connectivity index (χ2v) is 4.98. The molecule has 2 rings (SSSR count). The number of hydrogen-bond donors (Lipinski definition) is 0. The molecule has 1 aromatic carbocycles. The Morgan fingerprint density at radius 3 is 2.43 bits per heavy atom. The lowest BCUT2D eigenvalue weighted by Crippen LogP contribution is -2.29. The van der Waals surface area contributed by atoms with Gasteiger partial charge in [0.05, 0.1) is 12.1 Å². The molecule has 110 valence electrons. The molecule has 0 saturated carbocycles. The maximum atomic E-state index is 12.2. The Morgan fingerprint density at radius 1 is 1.29 bits per heavy atom. The zero-order valence-electron chi connectivity index (χ0n) is 11.4. The maximum absolute atomic E-state index is 12.2. The van der Waals surface area contributed by atoms with Crippen molar-refractivity contribution in [2.45, 2.75) is 13.0 Å². The number of rotatable bonds is 4. The first-order valence-electron chi connectivity index (χ1n) is 6.17. The molecule has 0 N–H and O–H groups in total. The van der Waals surface area contributed by atoms with Crippen LogP contribution in [0.2, 0.25) is 5.02 Å². The van der Waals surface area contributed by atoms with Gasteiger partial charge in [0, 0.05) is 12.1 Å². The molecule has 1 amide bonds. The number of furan rings is 1. The molecule has 0 spiro atoms. The third kappa shape index (κ3) is 3.22. The van der Waals surface area contributed by atoms with Crippen molar-refractivity contribution in [2.75, 3.05) is 7.05 Å². The maximum Gasteiger partial charge on any atom is 0.433 e. The molecule has 0 saturated heterocycles. The first-order valence-corrected chi connectivity index (χ1v) is 6.55. The van der Waals surface area contributed by atoms with Gasteiger partial charge in [-0.15, -0.1) is 0 Å². The van der Waals surface area contributed by atoms with Crippen LogP contribution in [0.1, 0.15) is 29.1 Å². The molecule has 0 bridgehead atoms. The van der Waals surface area contributed by atoms with Crippen LogP contribution in [0.25, 0.3) is 0 Å². The number of amides is 1. The fourth-order valence-corrected chi connectivity index (χ4v) is 1.98. The normalized spacial score (nSPS) is 12.0. The molecule has 7 heteroatoms. The highest BCUT2D eigenvalue weighted by Crippen LogP contribution is 2.24. The number of nitro groups is 1. The second-order valence-electron chi connectivity index (χ2n) is 4.54. The summed E-state index contributed by atoms with van der Waals surface area (Å²) in [5.41, 5.74) is 0.899. The van der Waals surface area contributed by atoms with Gasteiger partial charge in [-0.1, -0.05) is 23.7 Å². The molecule has 0 fully saturated rings. The lowest BCUT2D eigenvalue weighted by Gasteiger charge is -2.24. The van der Waals surface area contributed by atoms with Gasteiger partial charge in [-0.25, -0.2) is 0 Å². The molecule has 1 aromatic heterocycles. The lowest BCUT2D eigenvalue weighted by molar-refractivity contribution is -0.402. The Kier molecular flexibility index (Phi) is 4.28. The molecule has 0 unspecified atom stereocenters. The highest BCUT2D eigenvalue weighted by Gasteiger charge is 2.24. The van der Waals surface area contributed by atoms with Crippen molar-refractivity contribution in [2.24, 2.45) is 0 Å². The van der Waals surface area contributed by atoms with E-state index in [2.05, 4.69) is 0 Å². The Morgan fingerprint density at radius 2 is 1.90 bits per heavy atom. The monoisotopic (exact) mass is 308 g/mol. The van der Waals surface area contributed by atoms with Crippen molar-refractivity contribution in [3.05, 3.63) is 62.9 Å². The number of benzene rings is 1. The molecule has 0 aliphatic rings. The van der Waals surface area contributed by atoms with Crippen molar-refractivity contribution in [3.8, 4) is 0 Å². The molecular weight excluding hydrogens is 296 g/mol. The zero-order chi connectivity index (χ0) is 15.6. The predicted molar refractivity (Wildman–Crippen MR) is 77.3 cm³/mol. The van der Waals surface area contributed by atoms with Gasteiger partial charge in [-0.3, -0.25) is 14.9 Å². The summed E-state index contributed by atoms with van der Waals surface area (Å²) in [6.45, 7) is 1.85. The number of carbonyl (C=O) groups excluding carboxylic acids is 1. The molecule has 1 atom stereocenters. The Labute approximate surface area is 126 Å². The van der Waals surface area contributed by atoms with Gasteiger partial charge in [-0.05, 0) is 30.7 Å². The van der Waals surface area contributed by atoms with Gasteiger partial charge in [0.25, 0.3) is 5.91 Å². The number of nitrogens with zero attached hydrogens (tertiary/aromatic N) is 2. The Bertz CT molecular complexity index is 666. The van der Waals surface area contributed by atoms with E-state index in [0.717, 1.165) is 11.6 Å². The van der Waals surface area contributed by atoms with Crippen LogP contribution in [0.5, 0.6) is 0 Å². The molecule has 21 heavy (non-hydrogen) atoms. The summed E-state index contributed by atoms with van der Waals surface area (Å²) in [6, 6.07) is 9.36. The molecule has 1 heterocycles. The average molecular weight is 309 g/mol. The van der Waals surface area contributed by atoms with Gasteiger partial charge in [0.2, 0.25) is 0 Å². The number of carbonyl (C=O) groups is 1. The minimum Gasteiger partial charge on any atom is -0.395 e. The Hall–Kier alpha value is -2.34. The van der Waals surface area contributed by atoms with Crippen LogP contribution in [-0.2, 0) is 0 Å². The van der Waals surface area contributed by atoms with Crippen LogP contribution in [-0.4, -0.2) is 22.8 Å². The van der Waals surface area contributed by atoms with E-state index in [-0.39, 0.29) is 11.8 Å². The molecule has 2 aromatic rings. The van der Waals surface area contributed by atoms with Crippen LogP contribution in [0.4, 0.5) is 5.88 Å². The number of halogens is 1. The van der Waals surface area contributed by atoms with E-state index in [1.165, 1.54) is 11.0 Å². The SMILES string of the molecule is C[C@H](c1ccc(Cl)cc1)N(C)C(=O)c1ccc([N+](=O)[O-])o1. The largest absolute Gasteiger partial charge is 0.433 e. The topological polar surface area (TPSA) is 76.6 Å². The summed E-state index contributed by atoms with van der Waals surface area (Å²) in [6.07, 6.45) is 0.